The molecule has 0 radical (unpaired) electrons. The summed E-state index contributed by atoms with van der Waals surface area (Å²) in [5, 5.41) is 0. The van der Waals surface area contributed by atoms with E-state index < -0.39 is 0 Å². The number of rotatable bonds is 1. The molecule has 0 unspecified atom stereocenters. The minimum atomic E-state index is 0.536. The molecule has 1 saturated carbocycles. The maximum Gasteiger partial charge on any atom is 0.0647 e. The van der Waals surface area contributed by atoms with Crippen molar-refractivity contribution in [1.82, 2.24) is 0 Å². The van der Waals surface area contributed by atoms with Crippen LogP contribution in [0.25, 0.3) is 0 Å². The fourth-order valence-corrected chi connectivity index (χ4v) is 1.13. The van der Waals surface area contributed by atoms with Gasteiger partial charge in [-0.15, -0.1) is 0 Å². The molecule has 1 rings (SSSR count). The Bertz CT molecular complexity index is 76.8. The molecule has 68 valence electrons. The summed E-state index contributed by atoms with van der Waals surface area (Å²) >= 11 is 2.05. The Kier molecular flexibility index (Phi) is 9.92. The SMILES string of the molecule is COSI.NC1CCCCC1. The van der Waals surface area contributed by atoms with E-state index in [-0.39, 0.29) is 0 Å². The maximum atomic E-state index is 5.63. The molecular weight excluding hydrogens is 273 g/mol. The van der Waals surface area contributed by atoms with Crippen molar-refractivity contribution in [1.29, 1.82) is 0 Å². The molecule has 2 N–H and O–H groups in total. The van der Waals surface area contributed by atoms with Gasteiger partial charge < -0.3 is 9.92 Å². The van der Waals surface area contributed by atoms with E-state index in [1.807, 2.05) is 21.2 Å². The molecule has 0 spiro atoms. The molecule has 0 amide bonds. The molecule has 11 heavy (non-hydrogen) atoms. The lowest BCUT2D eigenvalue weighted by atomic mass is 9.97. The highest BCUT2D eigenvalue weighted by Gasteiger charge is 2.06. The van der Waals surface area contributed by atoms with E-state index in [4.69, 9.17) is 5.73 Å². The molecule has 0 atom stereocenters. The van der Waals surface area contributed by atoms with E-state index in [2.05, 4.69) is 4.18 Å². The van der Waals surface area contributed by atoms with Gasteiger partial charge in [0.05, 0.1) is 16.3 Å². The van der Waals surface area contributed by atoms with Gasteiger partial charge in [-0.3, -0.25) is 0 Å². The Morgan fingerprint density at radius 3 is 2.00 bits per heavy atom. The Hall–Kier alpha value is 1.00. The molecular formula is C7H16INOS. The van der Waals surface area contributed by atoms with Crippen molar-refractivity contribution >= 4 is 30.4 Å². The highest BCUT2D eigenvalue weighted by atomic mass is 127. The van der Waals surface area contributed by atoms with E-state index >= 15 is 0 Å². The maximum absolute atomic E-state index is 5.63. The van der Waals surface area contributed by atoms with Crippen LogP contribution in [-0.2, 0) is 4.18 Å². The summed E-state index contributed by atoms with van der Waals surface area (Å²) in [6.45, 7) is 0. The molecule has 4 heteroatoms. The van der Waals surface area contributed by atoms with Crippen molar-refractivity contribution < 1.29 is 4.18 Å². The van der Waals surface area contributed by atoms with Crippen molar-refractivity contribution in [2.75, 3.05) is 7.11 Å². The van der Waals surface area contributed by atoms with Gasteiger partial charge in [-0.25, -0.2) is 0 Å². The van der Waals surface area contributed by atoms with Crippen LogP contribution in [-0.4, -0.2) is 13.2 Å². The fraction of sp³-hybridized carbons (Fsp3) is 1.00. The Morgan fingerprint density at radius 1 is 1.36 bits per heavy atom. The first-order chi connectivity index (χ1) is 5.31. The standard InChI is InChI=1S/C6H13N.CH3IOS/c7-6-4-2-1-3-5-6;1-3-4-2/h6H,1-5,7H2;1H3. The van der Waals surface area contributed by atoms with E-state index in [0.29, 0.717) is 6.04 Å². The van der Waals surface area contributed by atoms with Gasteiger partial charge >= 0.3 is 0 Å². The topological polar surface area (TPSA) is 35.2 Å². The second-order valence-corrected chi connectivity index (χ2v) is 4.17. The smallest absolute Gasteiger partial charge is 0.0647 e. The molecule has 0 aromatic heterocycles. The zero-order valence-corrected chi connectivity index (χ0v) is 9.86. The van der Waals surface area contributed by atoms with Crippen molar-refractivity contribution in [3.8, 4) is 0 Å². The summed E-state index contributed by atoms with van der Waals surface area (Å²) in [4.78, 5) is 0. The monoisotopic (exact) mass is 289 g/mol. The molecule has 0 aromatic carbocycles. The number of nitrogens with two attached hydrogens (primary N) is 1. The number of hydrogen-bond acceptors (Lipinski definition) is 3. The normalized spacial score (nSPS) is 18.8. The summed E-state index contributed by atoms with van der Waals surface area (Å²) in [7, 11) is 2.96. The van der Waals surface area contributed by atoms with Crippen LogP contribution < -0.4 is 5.73 Å². The van der Waals surface area contributed by atoms with Crippen molar-refractivity contribution in [2.45, 2.75) is 38.1 Å². The quantitative estimate of drug-likeness (QED) is 0.595. The Labute approximate surface area is 85.4 Å². The molecule has 0 bridgehead atoms. The lowest BCUT2D eigenvalue weighted by Gasteiger charge is -2.15. The summed E-state index contributed by atoms with van der Waals surface area (Å²) in [6.07, 6.45) is 6.66. The highest BCUT2D eigenvalue weighted by molar-refractivity contribution is 14.2. The van der Waals surface area contributed by atoms with Crippen LogP contribution in [0.1, 0.15) is 32.1 Å². The molecule has 0 saturated heterocycles. The van der Waals surface area contributed by atoms with Crippen LogP contribution in [0.3, 0.4) is 0 Å². The van der Waals surface area contributed by atoms with Crippen LogP contribution in [0.5, 0.6) is 0 Å². The minimum absolute atomic E-state index is 0.536. The molecule has 0 heterocycles. The molecule has 1 fully saturated rings. The Morgan fingerprint density at radius 2 is 1.82 bits per heavy atom. The second-order valence-electron chi connectivity index (χ2n) is 2.63. The van der Waals surface area contributed by atoms with Crippen LogP contribution in [0, 0.1) is 0 Å². The van der Waals surface area contributed by atoms with E-state index in [1.165, 1.54) is 41.3 Å². The summed E-state index contributed by atoms with van der Waals surface area (Å²) in [6, 6.07) is 0.536. The second kappa shape index (κ2) is 9.09. The molecule has 2 nitrogen and oxygen atoms in total. The van der Waals surface area contributed by atoms with E-state index in [0.717, 1.165) is 0 Å². The predicted octanol–water partition coefficient (Wildman–Crippen LogP) is 2.91. The minimum Gasteiger partial charge on any atom is -0.328 e. The first kappa shape index (κ1) is 12.0. The Balaban J connectivity index is 0.000000218. The van der Waals surface area contributed by atoms with Crippen molar-refractivity contribution in [3.05, 3.63) is 0 Å². The summed E-state index contributed by atoms with van der Waals surface area (Å²) < 4.78 is 4.44. The van der Waals surface area contributed by atoms with Gasteiger partial charge in [0.25, 0.3) is 0 Å². The van der Waals surface area contributed by atoms with E-state index in [1.54, 1.807) is 7.11 Å². The van der Waals surface area contributed by atoms with Crippen molar-refractivity contribution in [2.24, 2.45) is 5.73 Å². The van der Waals surface area contributed by atoms with Crippen LogP contribution in [0.15, 0.2) is 0 Å². The molecule has 1 aliphatic carbocycles. The fourth-order valence-electron chi connectivity index (χ4n) is 1.13. The first-order valence-corrected chi connectivity index (χ1v) is 7.16. The average molecular weight is 289 g/mol. The van der Waals surface area contributed by atoms with E-state index in [9.17, 15) is 0 Å². The third-order valence-electron chi connectivity index (χ3n) is 1.71. The lowest BCUT2D eigenvalue weighted by molar-refractivity contribution is 0.441. The van der Waals surface area contributed by atoms with Gasteiger partial charge in [0.1, 0.15) is 0 Å². The predicted molar refractivity (Wildman–Crippen MR) is 59.7 cm³/mol. The van der Waals surface area contributed by atoms with Crippen molar-refractivity contribution in [3.63, 3.8) is 0 Å². The zero-order valence-electron chi connectivity index (χ0n) is 6.88. The highest BCUT2D eigenvalue weighted by Crippen LogP contribution is 2.14. The van der Waals surface area contributed by atoms with Gasteiger partial charge in [0.2, 0.25) is 0 Å². The van der Waals surface area contributed by atoms with Gasteiger partial charge in [0, 0.05) is 27.2 Å². The van der Waals surface area contributed by atoms with Gasteiger partial charge in [-0.2, -0.15) is 0 Å². The largest absolute Gasteiger partial charge is 0.328 e. The third-order valence-corrected chi connectivity index (χ3v) is 2.92. The zero-order chi connectivity index (χ0) is 8.53. The molecule has 1 aliphatic rings. The summed E-state index contributed by atoms with van der Waals surface area (Å²) in [5.41, 5.74) is 5.63. The third kappa shape index (κ3) is 8.91. The van der Waals surface area contributed by atoms with Gasteiger partial charge in [0.15, 0.2) is 0 Å². The van der Waals surface area contributed by atoms with Crippen LogP contribution >= 0.6 is 30.4 Å². The van der Waals surface area contributed by atoms with Crippen LogP contribution in [0.2, 0.25) is 0 Å². The summed E-state index contributed by atoms with van der Waals surface area (Å²) in [5.74, 6) is 0. The van der Waals surface area contributed by atoms with Gasteiger partial charge in [-0.05, 0) is 12.8 Å². The lowest BCUT2D eigenvalue weighted by Crippen LogP contribution is -2.22. The van der Waals surface area contributed by atoms with Crippen LogP contribution in [0.4, 0.5) is 0 Å². The molecule has 0 aromatic rings. The number of halogens is 1. The average Bonchev–Trinajstić information content (AvgIpc) is 2.07. The first-order valence-electron chi connectivity index (χ1n) is 3.88. The molecule has 0 aliphatic heterocycles. The number of hydrogen-bond donors (Lipinski definition) is 1. The van der Waals surface area contributed by atoms with Gasteiger partial charge in [-0.1, -0.05) is 19.3 Å².